The number of fused-ring (bicyclic) bond motifs is 1. The van der Waals surface area contributed by atoms with E-state index in [-0.39, 0.29) is 11.8 Å². The van der Waals surface area contributed by atoms with Crippen molar-refractivity contribution < 1.29 is 13.2 Å². The van der Waals surface area contributed by atoms with Crippen molar-refractivity contribution >= 4 is 43.2 Å². The van der Waals surface area contributed by atoms with Crippen molar-refractivity contribution in [2.75, 3.05) is 18.4 Å². The van der Waals surface area contributed by atoms with Gasteiger partial charge < -0.3 is 5.32 Å². The Hall–Kier alpha value is -2.36. The topological polar surface area (TPSA) is 92.3 Å². The van der Waals surface area contributed by atoms with E-state index >= 15 is 0 Å². The fourth-order valence-electron chi connectivity index (χ4n) is 3.49. The molecule has 4 rings (SSSR count). The van der Waals surface area contributed by atoms with Crippen LogP contribution in [0.5, 0.6) is 0 Å². The maximum atomic E-state index is 13.0. The van der Waals surface area contributed by atoms with Gasteiger partial charge in [-0.2, -0.15) is 4.31 Å². The molecule has 1 amide bonds. The molecule has 1 fully saturated rings. The molecule has 0 aliphatic carbocycles. The molecule has 29 heavy (non-hydrogen) atoms. The van der Waals surface area contributed by atoms with Crippen LogP contribution in [-0.2, 0) is 21.2 Å². The number of carbonyl (C=O) groups is 1. The van der Waals surface area contributed by atoms with Gasteiger partial charge in [0.2, 0.25) is 21.1 Å². The highest BCUT2D eigenvalue weighted by atomic mass is 32.2. The van der Waals surface area contributed by atoms with Gasteiger partial charge in [-0.25, -0.2) is 8.42 Å². The van der Waals surface area contributed by atoms with E-state index in [0.717, 1.165) is 22.2 Å². The molecular formula is C20H22N4O3S2. The molecule has 1 saturated heterocycles. The van der Waals surface area contributed by atoms with E-state index in [1.165, 1.54) is 15.6 Å². The molecule has 1 aromatic heterocycles. The molecule has 0 atom stereocenters. The molecule has 1 N–H and O–H groups in total. The molecule has 0 saturated carbocycles. The second kappa shape index (κ2) is 8.17. The average molecular weight is 431 g/mol. The second-order valence-corrected chi connectivity index (χ2v) is 10.0. The van der Waals surface area contributed by atoms with Crippen LogP contribution in [-0.4, -0.2) is 41.9 Å². The van der Waals surface area contributed by atoms with Crippen molar-refractivity contribution in [1.29, 1.82) is 0 Å². The zero-order chi connectivity index (χ0) is 20.4. The maximum Gasteiger partial charge on any atom is 0.243 e. The zero-order valence-corrected chi connectivity index (χ0v) is 17.7. The summed E-state index contributed by atoms with van der Waals surface area (Å²) in [5.74, 6) is -0.349. The van der Waals surface area contributed by atoms with Gasteiger partial charge in [0.1, 0.15) is 5.01 Å². The standard InChI is InChI=1S/C20H22N4O3S2/c1-2-18-22-23-20(28-18)21-19(25)15-9-11-24(12-10-15)29(26,27)17-8-7-14-5-3-4-6-16(14)13-17/h3-8,13,15H,2,9-12H2,1H3,(H,21,23,25). The first-order valence-electron chi connectivity index (χ1n) is 9.59. The summed E-state index contributed by atoms with van der Waals surface area (Å²) in [5, 5.41) is 14.0. The van der Waals surface area contributed by atoms with Crippen molar-refractivity contribution in [2.45, 2.75) is 31.1 Å². The van der Waals surface area contributed by atoms with E-state index in [2.05, 4.69) is 15.5 Å². The van der Waals surface area contributed by atoms with E-state index in [1.807, 2.05) is 37.3 Å². The fraction of sp³-hybridized carbons (Fsp3) is 0.350. The van der Waals surface area contributed by atoms with E-state index in [4.69, 9.17) is 0 Å². The molecule has 2 heterocycles. The van der Waals surface area contributed by atoms with Crippen LogP contribution < -0.4 is 5.32 Å². The van der Waals surface area contributed by atoms with Crippen molar-refractivity contribution in [3.63, 3.8) is 0 Å². The first-order valence-corrected chi connectivity index (χ1v) is 11.8. The van der Waals surface area contributed by atoms with Crippen molar-refractivity contribution in [3.05, 3.63) is 47.5 Å². The molecule has 1 aliphatic rings. The predicted molar refractivity (Wildman–Crippen MR) is 113 cm³/mol. The van der Waals surface area contributed by atoms with E-state index < -0.39 is 10.0 Å². The number of rotatable bonds is 5. The van der Waals surface area contributed by atoms with E-state index in [0.29, 0.717) is 36.0 Å². The SMILES string of the molecule is CCc1nnc(NC(=O)C2CCN(S(=O)(=O)c3ccc4ccccc4c3)CC2)s1. The Labute approximate surface area is 173 Å². The average Bonchev–Trinajstić information content (AvgIpc) is 3.21. The monoisotopic (exact) mass is 430 g/mol. The lowest BCUT2D eigenvalue weighted by Crippen LogP contribution is -2.41. The number of hydrogen-bond donors (Lipinski definition) is 1. The maximum absolute atomic E-state index is 13.0. The molecule has 0 radical (unpaired) electrons. The lowest BCUT2D eigenvalue weighted by Gasteiger charge is -2.30. The van der Waals surface area contributed by atoms with Gasteiger partial charge in [0.05, 0.1) is 4.90 Å². The number of sulfonamides is 1. The largest absolute Gasteiger partial charge is 0.300 e. The number of nitrogens with one attached hydrogen (secondary N) is 1. The summed E-state index contributed by atoms with van der Waals surface area (Å²) in [6, 6.07) is 12.9. The second-order valence-electron chi connectivity index (χ2n) is 7.03. The Kier molecular flexibility index (Phi) is 5.62. The third-order valence-corrected chi connectivity index (χ3v) is 8.06. The summed E-state index contributed by atoms with van der Waals surface area (Å²) in [7, 11) is -3.58. The molecule has 152 valence electrons. The van der Waals surface area contributed by atoms with E-state index in [9.17, 15) is 13.2 Å². The Morgan fingerprint density at radius 3 is 2.55 bits per heavy atom. The van der Waals surface area contributed by atoms with Crippen LogP contribution in [0.2, 0.25) is 0 Å². The van der Waals surface area contributed by atoms with Gasteiger partial charge in [-0.1, -0.05) is 48.6 Å². The molecule has 0 spiro atoms. The van der Waals surface area contributed by atoms with Crippen molar-refractivity contribution in [1.82, 2.24) is 14.5 Å². The quantitative estimate of drug-likeness (QED) is 0.671. The highest BCUT2D eigenvalue weighted by Crippen LogP contribution is 2.27. The molecule has 2 aromatic carbocycles. The molecule has 0 bridgehead atoms. The van der Waals surface area contributed by atoms with Gasteiger partial charge >= 0.3 is 0 Å². The fourth-order valence-corrected chi connectivity index (χ4v) is 5.68. The minimum absolute atomic E-state index is 0.119. The number of hydrogen-bond acceptors (Lipinski definition) is 6. The van der Waals surface area contributed by atoms with Gasteiger partial charge in [-0.3, -0.25) is 4.79 Å². The number of aryl methyl sites for hydroxylation is 1. The Morgan fingerprint density at radius 2 is 1.86 bits per heavy atom. The summed E-state index contributed by atoms with van der Waals surface area (Å²) < 4.78 is 27.6. The summed E-state index contributed by atoms with van der Waals surface area (Å²) in [4.78, 5) is 12.8. The molecule has 3 aromatic rings. The van der Waals surface area contributed by atoms with Crippen LogP contribution in [0.15, 0.2) is 47.4 Å². The first-order chi connectivity index (χ1) is 14.0. The van der Waals surface area contributed by atoms with Gasteiger partial charge in [-0.05, 0) is 42.2 Å². The van der Waals surface area contributed by atoms with E-state index in [1.54, 1.807) is 12.1 Å². The van der Waals surface area contributed by atoms with Crippen LogP contribution in [0, 0.1) is 5.92 Å². The Morgan fingerprint density at radius 1 is 1.14 bits per heavy atom. The Bertz CT molecular complexity index is 1140. The number of anilines is 1. The van der Waals surface area contributed by atoms with Crippen LogP contribution in [0.4, 0.5) is 5.13 Å². The summed E-state index contributed by atoms with van der Waals surface area (Å²) in [6.07, 6.45) is 1.74. The van der Waals surface area contributed by atoms with Gasteiger partial charge in [0.25, 0.3) is 0 Å². The summed E-state index contributed by atoms with van der Waals surface area (Å²) >= 11 is 1.37. The summed E-state index contributed by atoms with van der Waals surface area (Å²) in [6.45, 7) is 2.63. The van der Waals surface area contributed by atoms with Crippen LogP contribution in [0.3, 0.4) is 0 Å². The smallest absolute Gasteiger partial charge is 0.243 e. The third-order valence-electron chi connectivity index (χ3n) is 5.18. The normalized spacial score (nSPS) is 16.2. The van der Waals surface area contributed by atoms with Crippen molar-refractivity contribution in [2.24, 2.45) is 5.92 Å². The van der Waals surface area contributed by atoms with Gasteiger partial charge in [-0.15, -0.1) is 10.2 Å². The Balaban J connectivity index is 1.41. The minimum atomic E-state index is -3.58. The minimum Gasteiger partial charge on any atom is -0.300 e. The number of piperidine rings is 1. The van der Waals surface area contributed by atoms with Crippen LogP contribution in [0.1, 0.15) is 24.8 Å². The van der Waals surface area contributed by atoms with Gasteiger partial charge in [0, 0.05) is 19.0 Å². The molecule has 1 aliphatic heterocycles. The molecule has 9 heteroatoms. The first kappa shape index (κ1) is 19.9. The lowest BCUT2D eigenvalue weighted by molar-refractivity contribution is -0.120. The lowest BCUT2D eigenvalue weighted by atomic mass is 9.97. The summed E-state index contributed by atoms with van der Waals surface area (Å²) in [5.41, 5.74) is 0. The highest BCUT2D eigenvalue weighted by molar-refractivity contribution is 7.89. The molecular weight excluding hydrogens is 408 g/mol. The molecule has 0 unspecified atom stereocenters. The highest BCUT2D eigenvalue weighted by Gasteiger charge is 2.32. The number of amides is 1. The van der Waals surface area contributed by atoms with Gasteiger partial charge in [0.15, 0.2) is 0 Å². The number of carbonyl (C=O) groups excluding carboxylic acids is 1. The predicted octanol–water partition coefficient (Wildman–Crippen LogP) is 3.29. The third kappa shape index (κ3) is 4.17. The number of benzene rings is 2. The number of nitrogens with zero attached hydrogens (tertiary/aromatic N) is 3. The molecule has 7 nitrogen and oxygen atoms in total. The zero-order valence-electron chi connectivity index (χ0n) is 16.0. The van der Waals surface area contributed by atoms with Crippen LogP contribution >= 0.6 is 11.3 Å². The van der Waals surface area contributed by atoms with Crippen LogP contribution in [0.25, 0.3) is 10.8 Å². The number of aromatic nitrogens is 2. The van der Waals surface area contributed by atoms with Crippen molar-refractivity contribution in [3.8, 4) is 0 Å².